The van der Waals surface area contributed by atoms with E-state index in [1.54, 1.807) is 30.3 Å². The maximum Gasteiger partial charge on any atom is 0.338 e. The standard InChI is InChI=1S/C12H13NO3/c13-11-9(14)6-7-10(11)16-12(15)8-4-2-1-3-5-8/h1-7,9-11,14H,13H2/t9-,10+,11+/m1/s1. The van der Waals surface area contributed by atoms with Gasteiger partial charge in [0.05, 0.1) is 17.7 Å². The summed E-state index contributed by atoms with van der Waals surface area (Å²) in [6.45, 7) is 0. The van der Waals surface area contributed by atoms with Crippen molar-refractivity contribution in [3.05, 3.63) is 48.0 Å². The second kappa shape index (κ2) is 4.47. The molecule has 3 atom stereocenters. The molecule has 4 heteroatoms. The number of benzene rings is 1. The first-order valence-electron chi connectivity index (χ1n) is 5.06. The monoisotopic (exact) mass is 219 g/mol. The summed E-state index contributed by atoms with van der Waals surface area (Å²) in [6.07, 6.45) is 1.85. The molecule has 0 saturated carbocycles. The van der Waals surface area contributed by atoms with Crippen LogP contribution in [-0.2, 0) is 4.74 Å². The van der Waals surface area contributed by atoms with E-state index in [2.05, 4.69) is 0 Å². The highest BCUT2D eigenvalue weighted by Gasteiger charge is 2.30. The summed E-state index contributed by atoms with van der Waals surface area (Å²) in [5.41, 5.74) is 6.14. The fourth-order valence-corrected chi connectivity index (χ4v) is 1.56. The van der Waals surface area contributed by atoms with Crippen molar-refractivity contribution >= 4 is 5.97 Å². The largest absolute Gasteiger partial charge is 0.453 e. The highest BCUT2D eigenvalue weighted by atomic mass is 16.5. The van der Waals surface area contributed by atoms with Gasteiger partial charge in [0.15, 0.2) is 0 Å². The Balaban J connectivity index is 2.01. The molecule has 1 aliphatic carbocycles. The third-order valence-electron chi connectivity index (χ3n) is 2.52. The van der Waals surface area contributed by atoms with Crippen molar-refractivity contribution in [2.45, 2.75) is 18.2 Å². The van der Waals surface area contributed by atoms with E-state index in [1.165, 1.54) is 6.08 Å². The Morgan fingerprint density at radius 2 is 1.94 bits per heavy atom. The van der Waals surface area contributed by atoms with Gasteiger partial charge in [-0.2, -0.15) is 0 Å². The van der Waals surface area contributed by atoms with Crippen LogP contribution in [0.3, 0.4) is 0 Å². The van der Waals surface area contributed by atoms with Crippen LogP contribution in [0.1, 0.15) is 10.4 Å². The van der Waals surface area contributed by atoms with Crippen LogP contribution in [0.25, 0.3) is 0 Å². The average Bonchev–Trinajstić information content (AvgIpc) is 2.62. The van der Waals surface area contributed by atoms with Crippen LogP contribution in [0.2, 0.25) is 0 Å². The molecule has 0 spiro atoms. The SMILES string of the molecule is N[C@H]1[C@H](O)C=C[C@@H]1OC(=O)c1ccccc1. The minimum Gasteiger partial charge on any atom is -0.453 e. The number of ether oxygens (including phenoxy) is 1. The van der Waals surface area contributed by atoms with E-state index in [-0.39, 0.29) is 0 Å². The van der Waals surface area contributed by atoms with Gasteiger partial charge in [-0.15, -0.1) is 0 Å². The van der Waals surface area contributed by atoms with Gasteiger partial charge in [0.1, 0.15) is 6.10 Å². The van der Waals surface area contributed by atoms with Crippen molar-refractivity contribution in [2.24, 2.45) is 5.73 Å². The molecule has 2 rings (SSSR count). The Bertz CT molecular complexity index is 402. The molecule has 3 N–H and O–H groups in total. The molecule has 0 unspecified atom stereocenters. The summed E-state index contributed by atoms with van der Waals surface area (Å²) in [7, 11) is 0. The Labute approximate surface area is 93.3 Å². The lowest BCUT2D eigenvalue weighted by molar-refractivity contribution is 0.0295. The minimum absolute atomic E-state index is 0.431. The molecule has 0 fully saturated rings. The molecule has 0 saturated heterocycles. The molecule has 0 bridgehead atoms. The number of esters is 1. The molecule has 0 aromatic heterocycles. The van der Waals surface area contributed by atoms with Crippen molar-refractivity contribution in [3.63, 3.8) is 0 Å². The molecular formula is C12H13NO3. The van der Waals surface area contributed by atoms with Crippen molar-refractivity contribution < 1.29 is 14.6 Å². The van der Waals surface area contributed by atoms with E-state index < -0.39 is 24.2 Å². The van der Waals surface area contributed by atoms with Crippen molar-refractivity contribution in [1.29, 1.82) is 0 Å². The molecule has 0 aliphatic heterocycles. The van der Waals surface area contributed by atoms with Gasteiger partial charge in [-0.25, -0.2) is 4.79 Å². The highest BCUT2D eigenvalue weighted by Crippen LogP contribution is 2.15. The predicted octanol–water partition coefficient (Wildman–Crippen LogP) is 0.470. The number of carbonyl (C=O) groups is 1. The first kappa shape index (κ1) is 10.9. The normalized spacial score (nSPS) is 28.0. The van der Waals surface area contributed by atoms with Crippen LogP contribution in [-0.4, -0.2) is 29.3 Å². The Hall–Kier alpha value is -1.65. The lowest BCUT2D eigenvalue weighted by atomic mass is 10.2. The molecule has 0 radical (unpaired) electrons. The first-order valence-corrected chi connectivity index (χ1v) is 5.06. The lowest BCUT2D eigenvalue weighted by Crippen LogP contribution is -2.41. The molecule has 1 aromatic carbocycles. The quantitative estimate of drug-likeness (QED) is 0.560. The maximum atomic E-state index is 11.7. The molecule has 1 aliphatic rings. The van der Waals surface area contributed by atoms with E-state index in [9.17, 15) is 9.90 Å². The highest BCUT2D eigenvalue weighted by molar-refractivity contribution is 5.89. The van der Waals surface area contributed by atoms with Crippen LogP contribution in [0.5, 0.6) is 0 Å². The third kappa shape index (κ3) is 2.13. The number of hydrogen-bond donors (Lipinski definition) is 2. The smallest absolute Gasteiger partial charge is 0.338 e. The number of carbonyl (C=O) groups excluding carboxylic acids is 1. The van der Waals surface area contributed by atoms with Gasteiger partial charge in [-0.05, 0) is 18.2 Å². The van der Waals surface area contributed by atoms with Gasteiger partial charge in [-0.1, -0.05) is 24.3 Å². The summed E-state index contributed by atoms with van der Waals surface area (Å²) in [5.74, 6) is -0.431. The van der Waals surface area contributed by atoms with Gasteiger partial charge in [0.2, 0.25) is 0 Å². The molecular weight excluding hydrogens is 206 g/mol. The van der Waals surface area contributed by atoms with Crippen molar-refractivity contribution in [3.8, 4) is 0 Å². The lowest BCUT2D eigenvalue weighted by Gasteiger charge is -2.18. The Morgan fingerprint density at radius 1 is 1.25 bits per heavy atom. The molecule has 0 heterocycles. The number of aliphatic hydroxyl groups excluding tert-OH is 1. The fourth-order valence-electron chi connectivity index (χ4n) is 1.56. The van der Waals surface area contributed by atoms with Gasteiger partial charge < -0.3 is 15.6 Å². The third-order valence-corrected chi connectivity index (χ3v) is 2.52. The van der Waals surface area contributed by atoms with Crippen molar-refractivity contribution in [1.82, 2.24) is 0 Å². The number of aliphatic hydroxyl groups is 1. The van der Waals surface area contributed by atoms with Gasteiger partial charge in [0, 0.05) is 0 Å². The van der Waals surface area contributed by atoms with E-state index in [0.29, 0.717) is 5.56 Å². The second-order valence-corrected chi connectivity index (χ2v) is 3.69. The zero-order valence-corrected chi connectivity index (χ0v) is 8.61. The summed E-state index contributed by atoms with van der Waals surface area (Å²) in [5, 5.41) is 9.35. The van der Waals surface area contributed by atoms with E-state index in [1.807, 2.05) is 6.07 Å². The minimum atomic E-state index is -0.742. The van der Waals surface area contributed by atoms with Crippen LogP contribution in [0.15, 0.2) is 42.5 Å². The van der Waals surface area contributed by atoms with Crippen LogP contribution in [0, 0.1) is 0 Å². The summed E-state index contributed by atoms with van der Waals surface area (Å²) in [6, 6.07) is 8.10. The number of hydrogen-bond acceptors (Lipinski definition) is 4. The molecule has 84 valence electrons. The molecule has 1 aromatic rings. The van der Waals surface area contributed by atoms with Crippen LogP contribution >= 0.6 is 0 Å². The molecule has 0 amide bonds. The first-order chi connectivity index (χ1) is 7.68. The number of rotatable bonds is 2. The van der Waals surface area contributed by atoms with Crippen molar-refractivity contribution in [2.75, 3.05) is 0 Å². The molecule has 4 nitrogen and oxygen atoms in total. The van der Waals surface area contributed by atoms with Gasteiger partial charge in [-0.3, -0.25) is 0 Å². The van der Waals surface area contributed by atoms with Crippen LogP contribution in [0.4, 0.5) is 0 Å². The predicted molar refractivity (Wildman–Crippen MR) is 58.8 cm³/mol. The second-order valence-electron chi connectivity index (χ2n) is 3.69. The van der Waals surface area contributed by atoms with Gasteiger partial charge >= 0.3 is 5.97 Å². The number of nitrogens with two attached hydrogens (primary N) is 1. The summed E-state index contributed by atoms with van der Waals surface area (Å²) < 4.78 is 5.17. The average molecular weight is 219 g/mol. The zero-order chi connectivity index (χ0) is 11.5. The molecule has 16 heavy (non-hydrogen) atoms. The van der Waals surface area contributed by atoms with E-state index in [0.717, 1.165) is 0 Å². The van der Waals surface area contributed by atoms with E-state index in [4.69, 9.17) is 10.5 Å². The summed E-state index contributed by atoms with van der Waals surface area (Å²) >= 11 is 0. The topological polar surface area (TPSA) is 72.6 Å². The maximum absolute atomic E-state index is 11.7. The van der Waals surface area contributed by atoms with Crippen LogP contribution < -0.4 is 5.73 Å². The zero-order valence-electron chi connectivity index (χ0n) is 8.61. The summed E-state index contributed by atoms with van der Waals surface area (Å²) in [4.78, 5) is 11.7. The Kier molecular flexibility index (Phi) is 3.03. The van der Waals surface area contributed by atoms with E-state index >= 15 is 0 Å². The van der Waals surface area contributed by atoms with Gasteiger partial charge in [0.25, 0.3) is 0 Å². The Morgan fingerprint density at radius 3 is 2.50 bits per heavy atom. The fraction of sp³-hybridized carbons (Fsp3) is 0.250.